The van der Waals surface area contributed by atoms with Crippen LogP contribution in [0.25, 0.3) is 0 Å². The van der Waals surface area contributed by atoms with Crippen molar-refractivity contribution in [3.63, 3.8) is 0 Å². The number of hydrogen-bond acceptors (Lipinski definition) is 2. The van der Waals surface area contributed by atoms with Gasteiger partial charge >= 0.3 is 0 Å². The molecule has 1 nitrogen and oxygen atoms in total. The molecule has 0 unspecified atom stereocenters. The van der Waals surface area contributed by atoms with Crippen molar-refractivity contribution in [2.75, 3.05) is 0 Å². The van der Waals surface area contributed by atoms with E-state index in [1.807, 2.05) is 0 Å². The Hall–Kier alpha value is 0.237. The normalized spacial score (nSPS) is 28.9. The van der Waals surface area contributed by atoms with Gasteiger partial charge in [-0.3, -0.25) is 4.79 Å². The Labute approximate surface area is 93.0 Å². The van der Waals surface area contributed by atoms with Crippen LogP contribution in [0.15, 0.2) is 0 Å². The largest absolute Gasteiger partial charge is 0.288 e. The fraction of sp³-hybridized carbons (Fsp3) is 0.909. The van der Waals surface area contributed by atoms with Crippen molar-refractivity contribution in [3.8, 4) is 0 Å². The van der Waals surface area contributed by atoms with Gasteiger partial charge in [-0.25, -0.2) is 0 Å². The molecule has 14 heavy (non-hydrogen) atoms. The summed E-state index contributed by atoms with van der Waals surface area (Å²) in [5.41, 5.74) is 0.852. The monoisotopic (exact) mass is 230 g/mol. The molecule has 1 aliphatic carbocycles. The lowest BCUT2D eigenvalue weighted by Gasteiger charge is -2.38. The van der Waals surface area contributed by atoms with Gasteiger partial charge in [0.25, 0.3) is 0 Å². The topological polar surface area (TPSA) is 17.1 Å². The molecule has 0 heterocycles. The van der Waals surface area contributed by atoms with E-state index in [4.69, 9.17) is 0 Å². The minimum absolute atomic E-state index is 0.306. The van der Waals surface area contributed by atoms with Gasteiger partial charge in [0.2, 0.25) is 0 Å². The number of carbonyl (C=O) groups excluding carboxylic acids is 1. The van der Waals surface area contributed by atoms with E-state index >= 15 is 0 Å². The van der Waals surface area contributed by atoms with Crippen LogP contribution in [0.4, 0.5) is 0 Å². The predicted molar refractivity (Wildman–Crippen MR) is 67.6 cm³/mol. The summed E-state index contributed by atoms with van der Waals surface area (Å²) in [7, 11) is -1.06. The average Bonchev–Trinajstić information content (AvgIpc) is 2.01. The van der Waals surface area contributed by atoms with Gasteiger partial charge in [0.05, 0.1) is 0 Å². The predicted octanol–water partition coefficient (Wildman–Crippen LogP) is 3.92. The van der Waals surface area contributed by atoms with E-state index in [1.165, 1.54) is 25.7 Å². The minimum atomic E-state index is -1.06. The lowest BCUT2D eigenvalue weighted by molar-refractivity contribution is -0.109. The molecular formula is C11H22OSSi. The van der Waals surface area contributed by atoms with Gasteiger partial charge in [0, 0.05) is 20.2 Å². The van der Waals surface area contributed by atoms with Crippen molar-refractivity contribution in [3.05, 3.63) is 0 Å². The molecule has 0 aromatic carbocycles. The Kier molecular flexibility index (Phi) is 4.25. The van der Waals surface area contributed by atoms with E-state index in [1.54, 1.807) is 18.7 Å². The van der Waals surface area contributed by atoms with Gasteiger partial charge in [-0.15, -0.1) is 0 Å². The fourth-order valence-electron chi connectivity index (χ4n) is 2.44. The number of carbonyl (C=O) groups is 1. The van der Waals surface area contributed by atoms with Crippen LogP contribution in [0.5, 0.6) is 0 Å². The van der Waals surface area contributed by atoms with E-state index in [2.05, 4.69) is 19.6 Å². The maximum atomic E-state index is 11.2. The van der Waals surface area contributed by atoms with Crippen LogP contribution in [-0.2, 0) is 4.79 Å². The molecule has 0 saturated heterocycles. The molecule has 1 aliphatic rings. The van der Waals surface area contributed by atoms with Crippen LogP contribution in [0, 0.1) is 0 Å². The van der Waals surface area contributed by atoms with Crippen molar-refractivity contribution in [2.45, 2.75) is 63.0 Å². The first-order valence-corrected chi connectivity index (χ1v) is 10.0. The minimum Gasteiger partial charge on any atom is -0.288 e. The standard InChI is InChI=1S/C11H22OSSi/c1-9(12)13-10-7-5-6-8-11(10)14(2,3)4/h10-11H,5-8H2,1-4H3/t10-,11-/m1/s1. The van der Waals surface area contributed by atoms with Gasteiger partial charge in [0.1, 0.15) is 0 Å². The summed E-state index contributed by atoms with van der Waals surface area (Å²) in [4.78, 5) is 11.2. The third kappa shape index (κ3) is 3.43. The molecule has 0 spiro atoms. The molecule has 0 aromatic rings. The van der Waals surface area contributed by atoms with Gasteiger partial charge in [-0.1, -0.05) is 50.7 Å². The SMILES string of the molecule is CC(=O)S[C@@H]1CCCC[C@H]1[Si](C)(C)C. The van der Waals surface area contributed by atoms with Crippen molar-refractivity contribution in [2.24, 2.45) is 0 Å². The number of thioether (sulfide) groups is 1. The van der Waals surface area contributed by atoms with Crippen LogP contribution in [-0.4, -0.2) is 18.4 Å². The Morgan fingerprint density at radius 1 is 1.21 bits per heavy atom. The third-order valence-corrected chi connectivity index (χ3v) is 7.49. The molecular weight excluding hydrogens is 208 g/mol. The second-order valence-corrected chi connectivity index (χ2v) is 12.3. The highest BCUT2D eigenvalue weighted by molar-refractivity contribution is 8.14. The molecule has 0 radical (unpaired) electrons. The Balaban J connectivity index is 2.64. The third-order valence-electron chi connectivity index (χ3n) is 3.13. The maximum Gasteiger partial charge on any atom is 0.186 e. The first-order chi connectivity index (χ1) is 6.41. The van der Waals surface area contributed by atoms with Gasteiger partial charge in [-0.05, 0) is 12.0 Å². The van der Waals surface area contributed by atoms with Crippen molar-refractivity contribution in [1.29, 1.82) is 0 Å². The molecule has 3 heteroatoms. The number of hydrogen-bond donors (Lipinski definition) is 0. The zero-order valence-corrected chi connectivity index (χ0v) is 11.6. The summed E-state index contributed by atoms with van der Waals surface area (Å²) in [5, 5.41) is 0.938. The zero-order valence-electron chi connectivity index (χ0n) is 9.80. The Morgan fingerprint density at radius 3 is 2.29 bits per heavy atom. The molecule has 0 bridgehead atoms. The molecule has 0 amide bonds. The zero-order chi connectivity index (χ0) is 10.8. The smallest absolute Gasteiger partial charge is 0.186 e. The van der Waals surface area contributed by atoms with E-state index in [9.17, 15) is 4.79 Å². The second kappa shape index (κ2) is 4.84. The molecule has 0 aromatic heterocycles. The molecule has 1 rings (SSSR count). The lowest BCUT2D eigenvalue weighted by atomic mass is 9.99. The van der Waals surface area contributed by atoms with E-state index in [0.29, 0.717) is 10.4 Å². The second-order valence-electron chi connectivity index (χ2n) is 5.40. The summed E-state index contributed by atoms with van der Waals surface area (Å²) in [6.07, 6.45) is 5.33. The van der Waals surface area contributed by atoms with E-state index in [-0.39, 0.29) is 0 Å². The first-order valence-electron chi connectivity index (χ1n) is 5.58. The van der Waals surface area contributed by atoms with Crippen LogP contribution < -0.4 is 0 Å². The quantitative estimate of drug-likeness (QED) is 0.669. The molecule has 1 saturated carbocycles. The van der Waals surface area contributed by atoms with Gasteiger partial charge < -0.3 is 0 Å². The van der Waals surface area contributed by atoms with Crippen LogP contribution in [0.2, 0.25) is 25.2 Å². The summed E-state index contributed by atoms with van der Waals surface area (Å²) in [6.45, 7) is 9.03. The number of rotatable bonds is 2. The first kappa shape index (κ1) is 12.3. The Morgan fingerprint density at radius 2 is 1.79 bits per heavy atom. The summed E-state index contributed by atoms with van der Waals surface area (Å²) in [5.74, 6) is 0. The van der Waals surface area contributed by atoms with Gasteiger partial charge in [0.15, 0.2) is 5.12 Å². The molecule has 2 atom stereocenters. The molecule has 82 valence electrons. The summed E-state index contributed by atoms with van der Waals surface area (Å²) >= 11 is 1.61. The van der Waals surface area contributed by atoms with Crippen LogP contribution in [0.1, 0.15) is 32.6 Å². The van der Waals surface area contributed by atoms with Crippen molar-refractivity contribution < 1.29 is 4.79 Å². The molecule has 1 fully saturated rings. The van der Waals surface area contributed by atoms with Crippen molar-refractivity contribution >= 4 is 25.0 Å². The van der Waals surface area contributed by atoms with Crippen LogP contribution in [0.3, 0.4) is 0 Å². The molecule has 0 aliphatic heterocycles. The molecule has 0 N–H and O–H groups in total. The highest BCUT2D eigenvalue weighted by atomic mass is 32.2. The highest BCUT2D eigenvalue weighted by Crippen LogP contribution is 2.43. The maximum absolute atomic E-state index is 11.2. The van der Waals surface area contributed by atoms with E-state index < -0.39 is 8.07 Å². The van der Waals surface area contributed by atoms with Crippen LogP contribution >= 0.6 is 11.8 Å². The highest BCUT2D eigenvalue weighted by Gasteiger charge is 2.36. The summed E-state index contributed by atoms with van der Waals surface area (Å²) in [6, 6.07) is 0. The lowest BCUT2D eigenvalue weighted by Crippen LogP contribution is -2.37. The average molecular weight is 230 g/mol. The fourth-order valence-corrected chi connectivity index (χ4v) is 7.23. The Bertz CT molecular complexity index is 210. The van der Waals surface area contributed by atoms with Crippen molar-refractivity contribution in [1.82, 2.24) is 0 Å². The van der Waals surface area contributed by atoms with Gasteiger partial charge in [-0.2, -0.15) is 0 Å². The van der Waals surface area contributed by atoms with E-state index in [0.717, 1.165) is 5.54 Å². The summed E-state index contributed by atoms with van der Waals surface area (Å²) < 4.78 is 0.